The number of rotatable bonds is 6. The Balaban J connectivity index is 1.57. The van der Waals surface area contributed by atoms with Gasteiger partial charge in [0, 0.05) is 38.6 Å². The third-order valence-corrected chi connectivity index (χ3v) is 3.17. The zero-order valence-electron chi connectivity index (χ0n) is 10.7. The average molecular weight is 266 g/mol. The number of nitrogens with one attached hydrogen (secondary N) is 1. The number of furan rings is 1. The van der Waals surface area contributed by atoms with Crippen molar-refractivity contribution in [3.63, 3.8) is 0 Å². The van der Waals surface area contributed by atoms with Crippen molar-refractivity contribution >= 4 is 11.8 Å². The summed E-state index contributed by atoms with van der Waals surface area (Å²) >= 11 is 0. The van der Waals surface area contributed by atoms with Crippen LogP contribution in [0.2, 0.25) is 0 Å². The fraction of sp³-hybridized carbons (Fsp3) is 0.538. The molecule has 0 spiro atoms. The molecule has 0 aliphatic carbocycles. The Hall–Kier alpha value is -1.82. The summed E-state index contributed by atoms with van der Waals surface area (Å²) in [6.45, 7) is 1.88. The highest BCUT2D eigenvalue weighted by Gasteiger charge is 2.29. The van der Waals surface area contributed by atoms with Crippen LogP contribution in [-0.4, -0.2) is 48.1 Å². The van der Waals surface area contributed by atoms with Gasteiger partial charge < -0.3 is 19.7 Å². The molecule has 1 aromatic heterocycles. The summed E-state index contributed by atoms with van der Waals surface area (Å²) < 4.78 is 4.95. The first-order valence-electron chi connectivity index (χ1n) is 6.41. The largest absolute Gasteiger partial charge is 0.459 e. The molecule has 0 saturated carbocycles. The van der Waals surface area contributed by atoms with Crippen molar-refractivity contribution in [2.75, 3.05) is 26.2 Å². The van der Waals surface area contributed by atoms with Gasteiger partial charge in [0.1, 0.15) is 0 Å². The molecule has 2 heterocycles. The average Bonchev–Trinajstić information content (AvgIpc) is 2.87. The zero-order valence-corrected chi connectivity index (χ0v) is 10.7. The van der Waals surface area contributed by atoms with Crippen molar-refractivity contribution in [1.29, 1.82) is 0 Å². The van der Waals surface area contributed by atoms with Gasteiger partial charge in [-0.2, -0.15) is 0 Å². The Morgan fingerprint density at radius 3 is 2.89 bits per heavy atom. The molecule has 0 bridgehead atoms. The molecule has 1 saturated heterocycles. The fourth-order valence-corrected chi connectivity index (χ4v) is 1.98. The molecule has 6 heteroatoms. The fourth-order valence-electron chi connectivity index (χ4n) is 1.98. The number of aliphatic hydroxyl groups is 1. The summed E-state index contributed by atoms with van der Waals surface area (Å²) in [7, 11) is 0. The van der Waals surface area contributed by atoms with E-state index in [1.807, 2.05) is 0 Å². The minimum atomic E-state index is -0.262. The third kappa shape index (κ3) is 3.57. The second kappa shape index (κ2) is 6.38. The van der Waals surface area contributed by atoms with Gasteiger partial charge in [-0.3, -0.25) is 9.59 Å². The van der Waals surface area contributed by atoms with Crippen molar-refractivity contribution < 1.29 is 19.1 Å². The van der Waals surface area contributed by atoms with Gasteiger partial charge in [-0.25, -0.2) is 0 Å². The summed E-state index contributed by atoms with van der Waals surface area (Å²) in [5.41, 5.74) is 0. The van der Waals surface area contributed by atoms with Crippen LogP contribution in [0.4, 0.5) is 0 Å². The number of nitrogens with zero attached hydrogens (tertiary/aromatic N) is 1. The van der Waals surface area contributed by atoms with E-state index in [-0.39, 0.29) is 30.1 Å². The third-order valence-electron chi connectivity index (χ3n) is 3.17. The molecule has 0 aromatic carbocycles. The van der Waals surface area contributed by atoms with E-state index in [0.29, 0.717) is 32.5 Å². The maximum absolute atomic E-state index is 11.7. The van der Waals surface area contributed by atoms with Crippen molar-refractivity contribution in [3.8, 4) is 0 Å². The van der Waals surface area contributed by atoms with Crippen LogP contribution in [0.3, 0.4) is 0 Å². The molecule has 6 nitrogen and oxygen atoms in total. The highest BCUT2D eigenvalue weighted by atomic mass is 16.3. The minimum Gasteiger partial charge on any atom is -0.459 e. The summed E-state index contributed by atoms with van der Waals surface area (Å²) in [5.74, 6) is 0.334. The van der Waals surface area contributed by atoms with E-state index in [9.17, 15) is 9.59 Å². The molecule has 1 aromatic rings. The van der Waals surface area contributed by atoms with E-state index in [1.165, 1.54) is 6.26 Å². The van der Waals surface area contributed by atoms with Crippen molar-refractivity contribution in [2.45, 2.75) is 12.8 Å². The molecule has 2 N–H and O–H groups in total. The van der Waals surface area contributed by atoms with E-state index >= 15 is 0 Å². The molecule has 0 unspecified atom stereocenters. The number of amides is 2. The number of hydrogen-bond donors (Lipinski definition) is 2. The van der Waals surface area contributed by atoms with Crippen LogP contribution in [0.5, 0.6) is 0 Å². The molecule has 1 fully saturated rings. The van der Waals surface area contributed by atoms with E-state index in [1.54, 1.807) is 17.0 Å². The Morgan fingerprint density at radius 1 is 1.47 bits per heavy atom. The molecular formula is C13H18N2O4. The molecule has 104 valence electrons. The second-order valence-electron chi connectivity index (χ2n) is 4.68. The molecule has 0 radical (unpaired) electrons. The molecule has 0 atom stereocenters. The smallest absolute Gasteiger partial charge is 0.286 e. The molecule has 1 aliphatic rings. The molecule has 19 heavy (non-hydrogen) atoms. The van der Waals surface area contributed by atoms with Crippen LogP contribution in [0.15, 0.2) is 22.8 Å². The van der Waals surface area contributed by atoms with Gasteiger partial charge in [-0.1, -0.05) is 0 Å². The highest BCUT2D eigenvalue weighted by Crippen LogP contribution is 2.15. The van der Waals surface area contributed by atoms with Gasteiger partial charge in [-0.15, -0.1) is 0 Å². The second-order valence-corrected chi connectivity index (χ2v) is 4.68. The topological polar surface area (TPSA) is 82.8 Å². The van der Waals surface area contributed by atoms with Crippen LogP contribution in [0.25, 0.3) is 0 Å². The van der Waals surface area contributed by atoms with E-state index in [2.05, 4.69) is 5.32 Å². The van der Waals surface area contributed by atoms with Gasteiger partial charge >= 0.3 is 0 Å². The van der Waals surface area contributed by atoms with Crippen LogP contribution in [0, 0.1) is 5.92 Å². The first-order chi connectivity index (χ1) is 9.20. The van der Waals surface area contributed by atoms with Gasteiger partial charge in [0.15, 0.2) is 5.76 Å². The zero-order chi connectivity index (χ0) is 13.7. The maximum Gasteiger partial charge on any atom is 0.286 e. The van der Waals surface area contributed by atoms with Crippen molar-refractivity contribution in [2.24, 2.45) is 5.92 Å². The minimum absolute atomic E-state index is 0.0805. The standard InChI is InChI=1S/C13H18N2O4/c16-9-10-7-15(8-10)12(17)4-1-5-14-13(18)11-3-2-6-19-11/h2-3,6,10,16H,1,4-5,7-9H2,(H,14,18). The molecule has 2 amide bonds. The van der Waals surface area contributed by atoms with Gasteiger partial charge in [0.2, 0.25) is 5.91 Å². The van der Waals surface area contributed by atoms with Crippen LogP contribution >= 0.6 is 0 Å². The lowest BCUT2D eigenvalue weighted by Crippen LogP contribution is -2.51. The van der Waals surface area contributed by atoms with Crippen LogP contribution in [0.1, 0.15) is 23.4 Å². The Bertz CT molecular complexity index is 424. The number of aliphatic hydroxyl groups excluding tert-OH is 1. The van der Waals surface area contributed by atoms with Gasteiger partial charge in [0.05, 0.1) is 6.26 Å². The lowest BCUT2D eigenvalue weighted by atomic mass is 10.0. The normalized spacial score (nSPS) is 15.1. The molecule has 1 aliphatic heterocycles. The predicted molar refractivity (Wildman–Crippen MR) is 67.4 cm³/mol. The van der Waals surface area contributed by atoms with Crippen molar-refractivity contribution in [3.05, 3.63) is 24.2 Å². The maximum atomic E-state index is 11.7. The summed E-state index contributed by atoms with van der Waals surface area (Å²) in [5, 5.41) is 11.5. The van der Waals surface area contributed by atoms with Crippen LogP contribution < -0.4 is 5.32 Å². The summed E-state index contributed by atoms with van der Waals surface area (Å²) in [4.78, 5) is 24.9. The van der Waals surface area contributed by atoms with Crippen molar-refractivity contribution in [1.82, 2.24) is 10.2 Å². The number of likely N-dealkylation sites (tertiary alicyclic amines) is 1. The lowest BCUT2D eigenvalue weighted by Gasteiger charge is -2.38. The predicted octanol–water partition coefficient (Wildman–Crippen LogP) is 0.240. The quantitative estimate of drug-likeness (QED) is 0.723. The van der Waals surface area contributed by atoms with E-state index in [0.717, 1.165) is 0 Å². The van der Waals surface area contributed by atoms with Gasteiger partial charge in [-0.05, 0) is 18.6 Å². The first-order valence-corrected chi connectivity index (χ1v) is 6.41. The van der Waals surface area contributed by atoms with E-state index < -0.39 is 0 Å². The Morgan fingerprint density at radius 2 is 2.26 bits per heavy atom. The monoisotopic (exact) mass is 266 g/mol. The number of carbonyl (C=O) groups is 2. The first kappa shape index (κ1) is 13.6. The molecule has 2 rings (SSSR count). The molecular weight excluding hydrogens is 248 g/mol. The van der Waals surface area contributed by atoms with Gasteiger partial charge in [0.25, 0.3) is 5.91 Å². The van der Waals surface area contributed by atoms with E-state index in [4.69, 9.17) is 9.52 Å². The number of hydrogen-bond acceptors (Lipinski definition) is 4. The SMILES string of the molecule is O=C(NCCCC(=O)N1CC(CO)C1)c1ccco1. The Kier molecular flexibility index (Phi) is 4.57. The highest BCUT2D eigenvalue weighted by molar-refractivity contribution is 5.91. The lowest BCUT2D eigenvalue weighted by molar-refractivity contribution is -0.138. The van der Waals surface area contributed by atoms with Crippen LogP contribution in [-0.2, 0) is 4.79 Å². The summed E-state index contributed by atoms with van der Waals surface area (Å²) in [6, 6.07) is 3.25. The number of carbonyl (C=O) groups excluding carboxylic acids is 2. The Labute approximate surface area is 111 Å². The summed E-state index contributed by atoms with van der Waals surface area (Å²) in [6.07, 6.45) is 2.46.